The molecule has 6 nitrogen and oxygen atoms in total. The Labute approximate surface area is 194 Å². The Kier molecular flexibility index (Phi) is 4.45. The molecule has 7 heteroatoms. The Bertz CT molecular complexity index is 1630. The van der Waals surface area contributed by atoms with E-state index < -0.39 is 0 Å². The van der Waals surface area contributed by atoms with Crippen molar-refractivity contribution in [2.24, 2.45) is 0 Å². The number of nitrogens with one attached hydrogen (secondary N) is 1. The number of ketones is 1. The first kappa shape index (κ1) is 20.1. The van der Waals surface area contributed by atoms with Crippen LogP contribution in [0.2, 0.25) is 0 Å². The van der Waals surface area contributed by atoms with Gasteiger partial charge in [-0.1, -0.05) is 30.3 Å². The van der Waals surface area contributed by atoms with Crippen LogP contribution in [0.5, 0.6) is 0 Å². The molecule has 6 rings (SSSR count). The first-order valence-corrected chi connectivity index (χ1v) is 10.9. The fraction of sp³-hybridized carbons (Fsp3) is 0.0741. The quantitative estimate of drug-likeness (QED) is 0.366. The summed E-state index contributed by atoms with van der Waals surface area (Å²) >= 11 is 0. The summed E-state index contributed by atoms with van der Waals surface area (Å²) in [5, 5.41) is 4.38. The van der Waals surface area contributed by atoms with E-state index in [4.69, 9.17) is 5.73 Å². The van der Waals surface area contributed by atoms with Crippen LogP contribution in [0.4, 0.5) is 10.2 Å². The largest absolute Gasteiger partial charge is 0.383 e. The van der Waals surface area contributed by atoms with E-state index in [9.17, 15) is 9.18 Å². The molecule has 0 aliphatic heterocycles. The van der Waals surface area contributed by atoms with Gasteiger partial charge in [0, 0.05) is 12.0 Å². The van der Waals surface area contributed by atoms with Gasteiger partial charge in [0.25, 0.3) is 0 Å². The monoisotopic (exact) mass is 449 g/mol. The Morgan fingerprint density at radius 2 is 1.85 bits per heavy atom. The van der Waals surface area contributed by atoms with Crippen molar-refractivity contribution in [1.29, 1.82) is 0 Å². The van der Waals surface area contributed by atoms with Crippen molar-refractivity contribution in [1.82, 2.24) is 19.7 Å². The molecule has 1 aliphatic rings. The first-order chi connectivity index (χ1) is 16.5. The van der Waals surface area contributed by atoms with Crippen LogP contribution in [0.15, 0.2) is 72.4 Å². The fourth-order valence-electron chi connectivity index (χ4n) is 4.48. The Morgan fingerprint density at radius 3 is 2.68 bits per heavy atom. The van der Waals surface area contributed by atoms with Crippen LogP contribution in [-0.2, 0) is 6.42 Å². The number of aromatic nitrogens is 4. The van der Waals surface area contributed by atoms with Crippen LogP contribution in [0.3, 0.4) is 0 Å². The molecule has 2 aromatic heterocycles. The van der Waals surface area contributed by atoms with Crippen LogP contribution in [0.25, 0.3) is 33.9 Å². The molecule has 0 amide bonds. The number of anilines is 1. The lowest BCUT2D eigenvalue weighted by molar-refractivity contribution is 0.103. The molecule has 166 valence electrons. The Hall–Kier alpha value is -4.52. The topological polar surface area (TPSA) is 89.6 Å². The minimum absolute atomic E-state index is 0.137. The molecule has 0 atom stereocenters. The van der Waals surface area contributed by atoms with Crippen molar-refractivity contribution in [2.75, 3.05) is 5.73 Å². The number of nitrogen functional groups attached to an aromatic ring is 1. The zero-order valence-corrected chi connectivity index (χ0v) is 18.3. The molecule has 0 saturated heterocycles. The van der Waals surface area contributed by atoms with Gasteiger partial charge in [-0.25, -0.2) is 14.1 Å². The Balaban J connectivity index is 1.27. The number of carbonyl (C=O) groups excluding carboxylic acids is 1. The van der Waals surface area contributed by atoms with E-state index in [0.717, 1.165) is 44.8 Å². The van der Waals surface area contributed by atoms with Crippen LogP contribution in [-0.4, -0.2) is 25.5 Å². The highest BCUT2D eigenvalue weighted by molar-refractivity contribution is 6.15. The van der Waals surface area contributed by atoms with Gasteiger partial charge in [-0.05, 0) is 65.6 Å². The highest BCUT2D eigenvalue weighted by Gasteiger charge is 2.24. The summed E-state index contributed by atoms with van der Waals surface area (Å²) in [5.41, 5.74) is 13.9. The lowest BCUT2D eigenvalue weighted by Gasteiger charge is -2.06. The van der Waals surface area contributed by atoms with Crippen LogP contribution >= 0.6 is 0 Å². The number of nitrogens with zero attached hydrogens (tertiary/aromatic N) is 3. The molecule has 3 N–H and O–H groups in total. The third kappa shape index (κ3) is 3.29. The lowest BCUT2D eigenvalue weighted by Crippen LogP contribution is -2.08. The molecule has 3 aromatic carbocycles. The Morgan fingerprint density at radius 1 is 1.06 bits per heavy atom. The second-order valence-electron chi connectivity index (χ2n) is 8.47. The third-order valence-corrected chi connectivity index (χ3v) is 6.20. The summed E-state index contributed by atoms with van der Waals surface area (Å²) in [6.45, 7) is 1.90. The number of Topliss-reactive ketones (excluding diaryl/α,β-unsaturated/α-hetero) is 1. The lowest BCUT2D eigenvalue weighted by atomic mass is 9.99. The van der Waals surface area contributed by atoms with Crippen molar-refractivity contribution in [2.45, 2.75) is 13.3 Å². The number of nitrogens with two attached hydrogens (primary N) is 1. The van der Waals surface area contributed by atoms with Crippen LogP contribution in [0, 0.1) is 12.7 Å². The van der Waals surface area contributed by atoms with Gasteiger partial charge in [-0.2, -0.15) is 5.10 Å². The number of H-pyrrole nitrogens is 1. The summed E-state index contributed by atoms with van der Waals surface area (Å²) in [5.74, 6) is 0.718. The third-order valence-electron chi connectivity index (χ3n) is 6.20. The van der Waals surface area contributed by atoms with E-state index in [1.807, 2.05) is 49.4 Å². The number of benzene rings is 3. The van der Waals surface area contributed by atoms with Crippen molar-refractivity contribution in [3.05, 3.63) is 101 Å². The average molecular weight is 449 g/mol. The minimum atomic E-state index is -0.266. The van der Waals surface area contributed by atoms with E-state index in [1.165, 1.54) is 18.3 Å². The number of halogens is 1. The van der Waals surface area contributed by atoms with Gasteiger partial charge in [0.1, 0.15) is 17.5 Å². The summed E-state index contributed by atoms with van der Waals surface area (Å²) in [7, 11) is 0. The van der Waals surface area contributed by atoms with Gasteiger partial charge in [0.2, 0.25) is 0 Å². The summed E-state index contributed by atoms with van der Waals surface area (Å²) in [6, 6.07) is 18.1. The van der Waals surface area contributed by atoms with Crippen molar-refractivity contribution in [3.8, 4) is 16.8 Å². The number of aryl methyl sites for hydroxylation is 1. The number of hydrogen-bond acceptors (Lipinski definition) is 4. The van der Waals surface area contributed by atoms with E-state index in [0.29, 0.717) is 23.4 Å². The number of rotatable bonds is 4. The molecule has 0 unspecified atom stereocenters. The number of aromatic amines is 1. The minimum Gasteiger partial charge on any atom is -0.383 e. The van der Waals surface area contributed by atoms with Gasteiger partial charge in [0.15, 0.2) is 5.78 Å². The number of allylic oxidation sites excluding steroid dienone is 1. The summed E-state index contributed by atoms with van der Waals surface area (Å²) in [6.07, 6.45) is 3.93. The summed E-state index contributed by atoms with van der Waals surface area (Å²) < 4.78 is 14.8. The molecule has 0 fully saturated rings. The predicted octanol–water partition coefficient (Wildman–Crippen LogP) is 5.27. The maximum absolute atomic E-state index is 13.3. The predicted molar refractivity (Wildman–Crippen MR) is 130 cm³/mol. The zero-order valence-electron chi connectivity index (χ0n) is 18.3. The molecular formula is C27H20FN5O. The van der Waals surface area contributed by atoms with E-state index in [1.54, 1.807) is 16.8 Å². The van der Waals surface area contributed by atoms with Crippen molar-refractivity contribution < 1.29 is 9.18 Å². The average Bonchev–Trinajstić information content (AvgIpc) is 3.53. The fourth-order valence-corrected chi connectivity index (χ4v) is 4.48. The zero-order chi connectivity index (χ0) is 23.4. The standard InChI is InChI=1S/C27H20FN5O/c1-15-31-24-9-8-22(13-25(24)32-15)33-27(29)23(14-30-33)26(34)20-11-18-3-2-17(10-19(18)12-20)16-4-6-21(28)7-5-16/h2-11,13-14H,12,29H2,1H3,(H,31,32). The van der Waals surface area contributed by atoms with E-state index in [-0.39, 0.29) is 11.6 Å². The number of carbonyl (C=O) groups is 1. The molecule has 1 aliphatic carbocycles. The SMILES string of the molecule is Cc1nc2ccc(-n3ncc(C(=O)C4=Cc5ccc(-c6ccc(F)cc6)cc5C4)c3N)cc2[nH]1. The van der Waals surface area contributed by atoms with Gasteiger partial charge in [-0.15, -0.1) is 0 Å². The van der Waals surface area contributed by atoms with E-state index in [2.05, 4.69) is 15.1 Å². The van der Waals surface area contributed by atoms with Gasteiger partial charge >= 0.3 is 0 Å². The molecule has 0 bridgehead atoms. The highest BCUT2D eigenvalue weighted by Crippen LogP contribution is 2.32. The highest BCUT2D eigenvalue weighted by atomic mass is 19.1. The van der Waals surface area contributed by atoms with E-state index >= 15 is 0 Å². The maximum atomic E-state index is 13.3. The maximum Gasteiger partial charge on any atom is 0.194 e. The molecular weight excluding hydrogens is 429 g/mol. The molecule has 0 radical (unpaired) electrons. The molecule has 2 heterocycles. The number of hydrogen-bond donors (Lipinski definition) is 2. The van der Waals surface area contributed by atoms with Crippen molar-refractivity contribution >= 4 is 28.7 Å². The van der Waals surface area contributed by atoms with Gasteiger partial charge < -0.3 is 10.7 Å². The van der Waals surface area contributed by atoms with Crippen LogP contribution in [0.1, 0.15) is 27.3 Å². The second kappa shape index (κ2) is 7.52. The van der Waals surface area contributed by atoms with Crippen molar-refractivity contribution in [3.63, 3.8) is 0 Å². The number of fused-ring (bicyclic) bond motifs is 2. The van der Waals surface area contributed by atoms with Crippen LogP contribution < -0.4 is 5.73 Å². The smallest absolute Gasteiger partial charge is 0.194 e. The first-order valence-electron chi connectivity index (χ1n) is 10.9. The van der Waals surface area contributed by atoms with Gasteiger partial charge in [0.05, 0.1) is 28.5 Å². The molecule has 0 spiro atoms. The molecule has 0 saturated carbocycles. The second-order valence-corrected chi connectivity index (χ2v) is 8.47. The number of imidazole rings is 1. The molecule has 34 heavy (non-hydrogen) atoms. The summed E-state index contributed by atoms with van der Waals surface area (Å²) in [4.78, 5) is 20.9. The molecule has 5 aromatic rings. The normalized spacial score (nSPS) is 12.7. The van der Waals surface area contributed by atoms with Gasteiger partial charge in [-0.3, -0.25) is 4.79 Å².